The highest BCUT2D eigenvalue weighted by atomic mass is 16.1. The van der Waals surface area contributed by atoms with E-state index in [4.69, 9.17) is 0 Å². The minimum atomic E-state index is -0.117. The summed E-state index contributed by atoms with van der Waals surface area (Å²) in [4.78, 5) is 10.6. The predicted octanol–water partition coefficient (Wildman–Crippen LogP) is 0.531. The van der Waals surface area contributed by atoms with Crippen LogP contribution >= 0.6 is 0 Å². The standard InChI is InChI=1S/C7H13N3O/c1-5-7(9-6(2)11)10(4)8-3/h5H,3H2,1-2,4H3,(H,9,11)/b7-5-. The SMILES string of the molecule is C=NN(C)/C(=C\C)NC(C)=O. The largest absolute Gasteiger partial charge is 0.311 e. The van der Waals surface area contributed by atoms with Crippen molar-refractivity contribution in [1.29, 1.82) is 0 Å². The number of carbonyl (C=O) groups excluding carboxylic acids is 1. The highest BCUT2D eigenvalue weighted by Gasteiger charge is 2.00. The lowest BCUT2D eigenvalue weighted by molar-refractivity contribution is -0.118. The van der Waals surface area contributed by atoms with Gasteiger partial charge in [-0.1, -0.05) is 0 Å². The Morgan fingerprint density at radius 3 is 2.55 bits per heavy atom. The predicted molar refractivity (Wildman–Crippen MR) is 44.9 cm³/mol. The fraction of sp³-hybridized carbons (Fsp3) is 0.429. The van der Waals surface area contributed by atoms with Crippen LogP contribution in [0.25, 0.3) is 0 Å². The Hall–Kier alpha value is -1.32. The molecule has 0 aliphatic rings. The molecule has 0 heterocycles. The van der Waals surface area contributed by atoms with Crippen LogP contribution in [0, 0.1) is 0 Å². The molecular formula is C7H13N3O. The number of amides is 1. The number of carbonyl (C=O) groups is 1. The highest BCUT2D eigenvalue weighted by molar-refractivity contribution is 5.74. The lowest BCUT2D eigenvalue weighted by atomic mass is 10.5. The van der Waals surface area contributed by atoms with Gasteiger partial charge in [0.1, 0.15) is 5.82 Å². The lowest BCUT2D eigenvalue weighted by Crippen LogP contribution is -2.28. The quantitative estimate of drug-likeness (QED) is 0.477. The smallest absolute Gasteiger partial charge is 0.222 e. The van der Waals surface area contributed by atoms with Crippen LogP contribution in [-0.4, -0.2) is 24.7 Å². The van der Waals surface area contributed by atoms with Gasteiger partial charge < -0.3 is 5.32 Å². The third-order valence-electron chi connectivity index (χ3n) is 1.14. The number of nitrogens with one attached hydrogen (secondary N) is 1. The van der Waals surface area contributed by atoms with E-state index in [1.165, 1.54) is 11.9 Å². The zero-order valence-electron chi connectivity index (χ0n) is 7.09. The van der Waals surface area contributed by atoms with Gasteiger partial charge in [-0.15, -0.1) is 0 Å². The van der Waals surface area contributed by atoms with Crippen LogP contribution in [0.1, 0.15) is 13.8 Å². The molecule has 0 radical (unpaired) electrons. The van der Waals surface area contributed by atoms with Gasteiger partial charge in [0.15, 0.2) is 0 Å². The van der Waals surface area contributed by atoms with Gasteiger partial charge in [0.2, 0.25) is 5.91 Å². The summed E-state index contributed by atoms with van der Waals surface area (Å²) in [5.74, 6) is 0.515. The van der Waals surface area contributed by atoms with Gasteiger partial charge in [0.25, 0.3) is 0 Å². The van der Waals surface area contributed by atoms with E-state index >= 15 is 0 Å². The number of rotatable bonds is 3. The summed E-state index contributed by atoms with van der Waals surface area (Å²) < 4.78 is 0. The second-order valence-electron chi connectivity index (χ2n) is 2.02. The summed E-state index contributed by atoms with van der Waals surface area (Å²) in [5, 5.41) is 7.70. The molecule has 1 N–H and O–H groups in total. The Morgan fingerprint density at radius 2 is 2.27 bits per heavy atom. The maximum Gasteiger partial charge on any atom is 0.222 e. The van der Waals surface area contributed by atoms with E-state index in [9.17, 15) is 4.79 Å². The Morgan fingerprint density at radius 1 is 1.73 bits per heavy atom. The summed E-state index contributed by atoms with van der Waals surface area (Å²) in [6.07, 6.45) is 1.75. The van der Waals surface area contributed by atoms with E-state index in [1.54, 1.807) is 13.1 Å². The molecule has 11 heavy (non-hydrogen) atoms. The van der Waals surface area contributed by atoms with Gasteiger partial charge in [-0.2, -0.15) is 5.10 Å². The first kappa shape index (κ1) is 9.68. The molecule has 0 rings (SSSR count). The zero-order chi connectivity index (χ0) is 8.85. The van der Waals surface area contributed by atoms with E-state index in [-0.39, 0.29) is 5.91 Å². The third-order valence-corrected chi connectivity index (χ3v) is 1.14. The van der Waals surface area contributed by atoms with Gasteiger partial charge >= 0.3 is 0 Å². The molecule has 0 saturated carbocycles. The first-order valence-corrected chi connectivity index (χ1v) is 3.26. The summed E-state index contributed by atoms with van der Waals surface area (Å²) >= 11 is 0. The van der Waals surface area contributed by atoms with Crippen molar-refractivity contribution in [3.05, 3.63) is 11.9 Å². The average molecular weight is 155 g/mol. The van der Waals surface area contributed by atoms with Gasteiger partial charge in [0, 0.05) is 20.7 Å². The Kier molecular flexibility index (Phi) is 3.95. The van der Waals surface area contributed by atoms with Crippen molar-refractivity contribution in [3.8, 4) is 0 Å². The van der Waals surface area contributed by atoms with Crippen LogP contribution in [0.15, 0.2) is 17.0 Å². The summed E-state index contributed by atoms with van der Waals surface area (Å²) in [7, 11) is 1.71. The van der Waals surface area contributed by atoms with Crippen molar-refractivity contribution in [2.24, 2.45) is 5.10 Å². The molecule has 4 heteroatoms. The molecule has 0 saturated heterocycles. The number of hydrogen-bond acceptors (Lipinski definition) is 3. The highest BCUT2D eigenvalue weighted by Crippen LogP contribution is 1.95. The Balaban J connectivity index is 4.18. The molecule has 1 amide bonds. The maximum atomic E-state index is 10.6. The van der Waals surface area contributed by atoms with E-state index in [1.807, 2.05) is 6.92 Å². The van der Waals surface area contributed by atoms with Gasteiger partial charge in [-0.05, 0) is 13.0 Å². The molecule has 0 unspecified atom stereocenters. The molecule has 0 aromatic carbocycles. The molecule has 0 fully saturated rings. The maximum absolute atomic E-state index is 10.6. The van der Waals surface area contributed by atoms with Crippen molar-refractivity contribution >= 4 is 12.6 Å². The minimum absolute atomic E-state index is 0.117. The van der Waals surface area contributed by atoms with E-state index in [0.29, 0.717) is 5.82 Å². The van der Waals surface area contributed by atoms with Crippen LogP contribution in [0.4, 0.5) is 0 Å². The van der Waals surface area contributed by atoms with E-state index in [0.717, 1.165) is 0 Å². The van der Waals surface area contributed by atoms with Crippen LogP contribution in [0.2, 0.25) is 0 Å². The first-order valence-electron chi connectivity index (χ1n) is 3.26. The van der Waals surface area contributed by atoms with Crippen molar-refractivity contribution in [2.45, 2.75) is 13.8 Å². The van der Waals surface area contributed by atoms with Crippen LogP contribution in [0.5, 0.6) is 0 Å². The molecule has 0 aromatic rings. The molecule has 4 nitrogen and oxygen atoms in total. The molecule has 0 aliphatic carbocycles. The summed E-state index contributed by atoms with van der Waals surface area (Å²) in [5.41, 5.74) is 0. The molecule has 0 spiro atoms. The van der Waals surface area contributed by atoms with Gasteiger partial charge in [-0.3, -0.25) is 9.80 Å². The fourth-order valence-corrected chi connectivity index (χ4v) is 0.596. The minimum Gasteiger partial charge on any atom is -0.311 e. The summed E-state index contributed by atoms with van der Waals surface area (Å²) in [6.45, 7) is 6.58. The molecule has 0 atom stereocenters. The van der Waals surface area contributed by atoms with Crippen LogP contribution in [0.3, 0.4) is 0 Å². The average Bonchev–Trinajstić information content (AvgIpc) is 1.98. The van der Waals surface area contributed by atoms with Crippen molar-refractivity contribution in [2.75, 3.05) is 7.05 Å². The van der Waals surface area contributed by atoms with Crippen molar-refractivity contribution in [1.82, 2.24) is 10.3 Å². The third kappa shape index (κ3) is 3.40. The molecule has 62 valence electrons. The van der Waals surface area contributed by atoms with E-state index < -0.39 is 0 Å². The fourth-order valence-electron chi connectivity index (χ4n) is 0.596. The number of nitrogens with zero attached hydrogens (tertiary/aromatic N) is 2. The number of hydrogen-bond donors (Lipinski definition) is 1. The normalized spacial score (nSPS) is 10.6. The number of allylic oxidation sites excluding steroid dienone is 1. The Labute approximate surface area is 66.6 Å². The molecular weight excluding hydrogens is 142 g/mol. The topological polar surface area (TPSA) is 44.7 Å². The first-order chi connectivity index (χ1) is 5.11. The lowest BCUT2D eigenvalue weighted by Gasteiger charge is -2.15. The Bertz CT molecular complexity index is 186. The van der Waals surface area contributed by atoms with Crippen molar-refractivity contribution in [3.63, 3.8) is 0 Å². The zero-order valence-corrected chi connectivity index (χ0v) is 7.09. The second-order valence-corrected chi connectivity index (χ2v) is 2.02. The van der Waals surface area contributed by atoms with Crippen molar-refractivity contribution < 1.29 is 4.79 Å². The van der Waals surface area contributed by atoms with Gasteiger partial charge in [0.05, 0.1) is 0 Å². The van der Waals surface area contributed by atoms with E-state index in [2.05, 4.69) is 17.1 Å². The molecule has 0 aromatic heterocycles. The van der Waals surface area contributed by atoms with Gasteiger partial charge in [-0.25, -0.2) is 0 Å². The van der Waals surface area contributed by atoms with Crippen LogP contribution < -0.4 is 5.32 Å². The molecule has 0 bridgehead atoms. The number of hydrazone groups is 1. The summed E-state index contributed by atoms with van der Waals surface area (Å²) in [6, 6.07) is 0. The second kappa shape index (κ2) is 4.49. The van der Waals surface area contributed by atoms with Crippen LogP contribution in [-0.2, 0) is 4.79 Å². The molecule has 0 aliphatic heterocycles. The monoisotopic (exact) mass is 155 g/mol.